The van der Waals surface area contributed by atoms with Gasteiger partial charge in [-0.1, -0.05) is 17.7 Å². The minimum absolute atomic E-state index is 0.0934. The first-order valence-electron chi connectivity index (χ1n) is 9.07. The highest BCUT2D eigenvalue weighted by Gasteiger charge is 2.48. The zero-order valence-corrected chi connectivity index (χ0v) is 14.8. The van der Waals surface area contributed by atoms with Crippen LogP contribution in [0.2, 0.25) is 0 Å². The SMILES string of the molecule is CC1=CC[C@H]2C(=O)N(c3cccc(C(=O)N4CCOCC4)c3)C(=O)[C@@H]2C1. The summed E-state index contributed by atoms with van der Waals surface area (Å²) >= 11 is 0. The number of carbonyl (C=O) groups excluding carboxylic acids is 3. The molecule has 1 aromatic rings. The van der Waals surface area contributed by atoms with Crippen LogP contribution in [0.25, 0.3) is 0 Å². The fourth-order valence-electron chi connectivity index (χ4n) is 4.02. The second-order valence-corrected chi connectivity index (χ2v) is 7.17. The first-order chi connectivity index (χ1) is 12.6. The molecular weight excluding hydrogens is 332 g/mol. The first-order valence-corrected chi connectivity index (χ1v) is 9.07. The van der Waals surface area contributed by atoms with E-state index in [4.69, 9.17) is 4.74 Å². The van der Waals surface area contributed by atoms with E-state index in [1.165, 1.54) is 4.90 Å². The maximum atomic E-state index is 12.8. The van der Waals surface area contributed by atoms with Crippen molar-refractivity contribution in [2.45, 2.75) is 19.8 Å². The lowest BCUT2D eigenvalue weighted by Gasteiger charge is -2.27. The fraction of sp³-hybridized carbons (Fsp3) is 0.450. The summed E-state index contributed by atoms with van der Waals surface area (Å²) in [5, 5.41) is 0. The van der Waals surface area contributed by atoms with Crippen LogP contribution in [0.3, 0.4) is 0 Å². The summed E-state index contributed by atoms with van der Waals surface area (Å²) < 4.78 is 5.29. The molecule has 3 amide bonds. The number of hydrogen-bond donors (Lipinski definition) is 0. The molecule has 0 radical (unpaired) electrons. The molecule has 2 fully saturated rings. The van der Waals surface area contributed by atoms with Crippen molar-refractivity contribution in [2.75, 3.05) is 31.2 Å². The Morgan fingerprint density at radius 1 is 1.12 bits per heavy atom. The molecule has 2 saturated heterocycles. The molecular formula is C20H22N2O4. The smallest absolute Gasteiger partial charge is 0.254 e. The van der Waals surface area contributed by atoms with Crippen LogP contribution in [0.1, 0.15) is 30.1 Å². The molecule has 136 valence electrons. The fourth-order valence-corrected chi connectivity index (χ4v) is 4.02. The van der Waals surface area contributed by atoms with Crippen molar-refractivity contribution < 1.29 is 19.1 Å². The number of nitrogens with zero attached hydrogens (tertiary/aromatic N) is 2. The largest absolute Gasteiger partial charge is 0.378 e. The molecule has 6 nitrogen and oxygen atoms in total. The number of fused-ring (bicyclic) bond motifs is 1. The number of benzene rings is 1. The van der Waals surface area contributed by atoms with Crippen LogP contribution in [0, 0.1) is 11.8 Å². The number of hydrogen-bond acceptors (Lipinski definition) is 4. The van der Waals surface area contributed by atoms with E-state index in [2.05, 4.69) is 0 Å². The molecule has 0 N–H and O–H groups in total. The van der Waals surface area contributed by atoms with Crippen molar-refractivity contribution in [2.24, 2.45) is 11.8 Å². The first kappa shape index (κ1) is 17.0. The quantitative estimate of drug-likeness (QED) is 0.602. The predicted octanol–water partition coefficient (Wildman–Crippen LogP) is 2.00. The second kappa shape index (κ2) is 6.68. The standard InChI is InChI=1S/C20H22N2O4/c1-13-5-6-16-17(11-13)20(25)22(19(16)24)15-4-2-3-14(12-15)18(23)21-7-9-26-10-8-21/h2-5,12,16-17H,6-11H2,1H3/t16-,17-/m1/s1. The summed E-state index contributed by atoms with van der Waals surface area (Å²) in [5.74, 6) is -0.941. The summed E-state index contributed by atoms with van der Waals surface area (Å²) in [4.78, 5) is 41.4. The summed E-state index contributed by atoms with van der Waals surface area (Å²) in [6.07, 6.45) is 3.30. The summed E-state index contributed by atoms with van der Waals surface area (Å²) in [5.41, 5.74) is 2.14. The monoisotopic (exact) mass is 354 g/mol. The van der Waals surface area contributed by atoms with Gasteiger partial charge in [-0.2, -0.15) is 0 Å². The van der Waals surface area contributed by atoms with E-state index >= 15 is 0 Å². The van der Waals surface area contributed by atoms with E-state index in [1.54, 1.807) is 29.2 Å². The van der Waals surface area contributed by atoms with E-state index in [-0.39, 0.29) is 29.6 Å². The van der Waals surface area contributed by atoms with Gasteiger partial charge in [0.15, 0.2) is 0 Å². The van der Waals surface area contributed by atoms with Gasteiger partial charge in [0.2, 0.25) is 11.8 Å². The van der Waals surface area contributed by atoms with Gasteiger partial charge in [0.05, 0.1) is 30.7 Å². The van der Waals surface area contributed by atoms with E-state index in [0.717, 1.165) is 5.57 Å². The van der Waals surface area contributed by atoms with Gasteiger partial charge in [0, 0.05) is 18.7 Å². The van der Waals surface area contributed by atoms with Gasteiger partial charge in [-0.25, -0.2) is 0 Å². The molecule has 1 aromatic carbocycles. The van der Waals surface area contributed by atoms with Crippen LogP contribution in [0.4, 0.5) is 5.69 Å². The average molecular weight is 354 g/mol. The minimum atomic E-state index is -0.273. The maximum Gasteiger partial charge on any atom is 0.254 e. The lowest BCUT2D eigenvalue weighted by atomic mass is 9.82. The molecule has 1 aliphatic carbocycles. The highest BCUT2D eigenvalue weighted by Crippen LogP contribution is 2.39. The van der Waals surface area contributed by atoms with E-state index in [9.17, 15) is 14.4 Å². The molecule has 2 heterocycles. The van der Waals surface area contributed by atoms with Gasteiger partial charge in [-0.15, -0.1) is 0 Å². The van der Waals surface area contributed by atoms with Crippen LogP contribution in [0.5, 0.6) is 0 Å². The van der Waals surface area contributed by atoms with Crippen molar-refractivity contribution in [3.63, 3.8) is 0 Å². The lowest BCUT2D eigenvalue weighted by Crippen LogP contribution is -2.40. The Labute approximate surface area is 152 Å². The zero-order valence-electron chi connectivity index (χ0n) is 14.8. The molecule has 26 heavy (non-hydrogen) atoms. The molecule has 6 heteroatoms. The summed E-state index contributed by atoms with van der Waals surface area (Å²) in [6, 6.07) is 6.84. The number of anilines is 1. The van der Waals surface area contributed by atoms with Crippen molar-refractivity contribution in [1.29, 1.82) is 0 Å². The van der Waals surface area contributed by atoms with Crippen LogP contribution in [0.15, 0.2) is 35.9 Å². The van der Waals surface area contributed by atoms with Gasteiger partial charge in [-0.3, -0.25) is 19.3 Å². The minimum Gasteiger partial charge on any atom is -0.378 e. The summed E-state index contributed by atoms with van der Waals surface area (Å²) in [7, 11) is 0. The normalized spacial score (nSPS) is 26.0. The van der Waals surface area contributed by atoms with E-state index in [1.807, 2.05) is 13.0 Å². The number of rotatable bonds is 2. The van der Waals surface area contributed by atoms with Crippen molar-refractivity contribution >= 4 is 23.4 Å². The third kappa shape index (κ3) is 2.84. The highest BCUT2D eigenvalue weighted by molar-refractivity contribution is 6.22. The zero-order chi connectivity index (χ0) is 18.3. The molecule has 0 unspecified atom stereocenters. The molecule has 3 aliphatic rings. The Balaban J connectivity index is 1.60. The Morgan fingerprint density at radius 2 is 1.85 bits per heavy atom. The molecule has 4 rings (SSSR count). The Hall–Kier alpha value is -2.47. The molecule has 0 aromatic heterocycles. The van der Waals surface area contributed by atoms with Gasteiger partial charge in [-0.05, 0) is 38.0 Å². The van der Waals surface area contributed by atoms with E-state index in [0.29, 0.717) is 50.4 Å². The summed E-state index contributed by atoms with van der Waals surface area (Å²) in [6.45, 7) is 4.17. The molecule has 0 saturated carbocycles. The number of morpholine rings is 1. The van der Waals surface area contributed by atoms with Crippen LogP contribution < -0.4 is 4.90 Å². The van der Waals surface area contributed by atoms with Gasteiger partial charge in [0.1, 0.15) is 0 Å². The number of ether oxygens (including phenoxy) is 1. The van der Waals surface area contributed by atoms with Gasteiger partial charge in [0.25, 0.3) is 5.91 Å². The Bertz CT molecular complexity index is 795. The molecule has 0 bridgehead atoms. The molecule has 2 atom stereocenters. The topological polar surface area (TPSA) is 66.9 Å². The Morgan fingerprint density at radius 3 is 2.62 bits per heavy atom. The average Bonchev–Trinajstić information content (AvgIpc) is 2.92. The third-order valence-corrected chi connectivity index (χ3v) is 5.47. The van der Waals surface area contributed by atoms with Crippen LogP contribution >= 0.6 is 0 Å². The number of carbonyl (C=O) groups is 3. The van der Waals surface area contributed by atoms with Gasteiger partial charge >= 0.3 is 0 Å². The molecule has 0 spiro atoms. The van der Waals surface area contributed by atoms with Crippen molar-refractivity contribution in [1.82, 2.24) is 4.90 Å². The predicted molar refractivity (Wildman–Crippen MR) is 95.6 cm³/mol. The van der Waals surface area contributed by atoms with Crippen molar-refractivity contribution in [3.8, 4) is 0 Å². The van der Waals surface area contributed by atoms with Gasteiger partial charge < -0.3 is 9.64 Å². The highest BCUT2D eigenvalue weighted by atomic mass is 16.5. The lowest BCUT2D eigenvalue weighted by molar-refractivity contribution is -0.122. The second-order valence-electron chi connectivity index (χ2n) is 7.17. The van der Waals surface area contributed by atoms with E-state index < -0.39 is 0 Å². The third-order valence-electron chi connectivity index (χ3n) is 5.47. The number of imide groups is 1. The van der Waals surface area contributed by atoms with Crippen LogP contribution in [-0.4, -0.2) is 48.9 Å². The molecule has 2 aliphatic heterocycles. The maximum absolute atomic E-state index is 12.8. The van der Waals surface area contributed by atoms with Crippen molar-refractivity contribution in [3.05, 3.63) is 41.5 Å². The number of amides is 3. The van der Waals surface area contributed by atoms with Crippen LogP contribution in [-0.2, 0) is 14.3 Å². The number of allylic oxidation sites excluding steroid dienone is 2. The Kier molecular flexibility index (Phi) is 4.36.